The Morgan fingerprint density at radius 1 is 1.42 bits per heavy atom. The highest BCUT2D eigenvalue weighted by molar-refractivity contribution is 7.14. The lowest BCUT2D eigenvalue weighted by Crippen LogP contribution is -2.49. The maximum atomic E-state index is 12.4. The summed E-state index contributed by atoms with van der Waals surface area (Å²) < 4.78 is 11.4. The summed E-state index contributed by atoms with van der Waals surface area (Å²) in [5.74, 6) is -0.0774. The molecule has 1 fully saturated rings. The highest BCUT2D eigenvalue weighted by atomic mass is 32.1. The normalized spacial score (nSPS) is 18.6. The monoisotopic (exact) mass is 381 g/mol. The van der Waals surface area contributed by atoms with Gasteiger partial charge >= 0.3 is 0 Å². The van der Waals surface area contributed by atoms with E-state index in [-0.39, 0.29) is 24.0 Å². The summed E-state index contributed by atoms with van der Waals surface area (Å²) in [6.07, 6.45) is 2.32. The molecule has 2 aliphatic rings. The SMILES string of the molecule is CCOCCNC(=O)c1cc2c(s1)C1(CCN(C(=O)CN)CC1)OCC2. The Balaban J connectivity index is 1.69. The largest absolute Gasteiger partial charge is 0.380 e. The van der Waals surface area contributed by atoms with Crippen LogP contribution in [0.25, 0.3) is 0 Å². The molecule has 0 bridgehead atoms. The van der Waals surface area contributed by atoms with Gasteiger partial charge in [0, 0.05) is 31.1 Å². The van der Waals surface area contributed by atoms with Crippen LogP contribution in [0.15, 0.2) is 6.07 Å². The molecule has 3 N–H and O–H groups in total. The summed E-state index contributed by atoms with van der Waals surface area (Å²) >= 11 is 1.52. The van der Waals surface area contributed by atoms with Crippen LogP contribution < -0.4 is 11.1 Å². The number of nitrogens with one attached hydrogen (secondary N) is 1. The van der Waals surface area contributed by atoms with Gasteiger partial charge in [0.15, 0.2) is 0 Å². The third-order valence-corrected chi connectivity index (χ3v) is 6.39. The van der Waals surface area contributed by atoms with E-state index in [0.717, 1.165) is 29.0 Å². The van der Waals surface area contributed by atoms with Gasteiger partial charge in [-0.1, -0.05) is 0 Å². The van der Waals surface area contributed by atoms with Crippen LogP contribution in [-0.4, -0.2) is 62.7 Å². The van der Waals surface area contributed by atoms with Crippen molar-refractivity contribution in [3.63, 3.8) is 0 Å². The molecule has 2 aliphatic heterocycles. The molecule has 8 heteroatoms. The number of ether oxygens (including phenoxy) is 2. The lowest BCUT2D eigenvalue weighted by atomic mass is 9.85. The number of thiophene rings is 1. The van der Waals surface area contributed by atoms with Crippen LogP contribution in [0.4, 0.5) is 0 Å². The smallest absolute Gasteiger partial charge is 0.261 e. The van der Waals surface area contributed by atoms with Crippen molar-refractivity contribution in [1.29, 1.82) is 0 Å². The van der Waals surface area contributed by atoms with Crippen molar-refractivity contribution in [2.24, 2.45) is 5.73 Å². The van der Waals surface area contributed by atoms with Gasteiger partial charge in [0.05, 0.1) is 24.6 Å². The van der Waals surface area contributed by atoms with Crippen molar-refractivity contribution in [3.05, 3.63) is 21.4 Å². The molecule has 1 aromatic rings. The van der Waals surface area contributed by atoms with Crippen molar-refractivity contribution in [2.75, 3.05) is 46.0 Å². The lowest BCUT2D eigenvalue weighted by molar-refractivity contribution is -0.138. The fourth-order valence-electron chi connectivity index (χ4n) is 3.62. The third-order valence-electron chi connectivity index (χ3n) is 5.03. The van der Waals surface area contributed by atoms with E-state index < -0.39 is 0 Å². The molecule has 0 aliphatic carbocycles. The van der Waals surface area contributed by atoms with Gasteiger partial charge in [-0.15, -0.1) is 11.3 Å². The van der Waals surface area contributed by atoms with Crippen LogP contribution in [0.3, 0.4) is 0 Å². The molecule has 3 rings (SSSR count). The average Bonchev–Trinajstić information content (AvgIpc) is 3.11. The minimum absolute atomic E-state index is 0.0172. The van der Waals surface area contributed by atoms with Gasteiger partial charge in [-0.25, -0.2) is 0 Å². The zero-order valence-electron chi connectivity index (χ0n) is 15.2. The molecular weight excluding hydrogens is 354 g/mol. The van der Waals surface area contributed by atoms with E-state index in [1.165, 1.54) is 16.9 Å². The van der Waals surface area contributed by atoms with E-state index in [0.29, 0.717) is 39.5 Å². The minimum atomic E-state index is -0.368. The molecule has 0 radical (unpaired) electrons. The van der Waals surface area contributed by atoms with Crippen LogP contribution in [0.1, 0.15) is 39.9 Å². The van der Waals surface area contributed by atoms with E-state index in [9.17, 15) is 9.59 Å². The van der Waals surface area contributed by atoms with E-state index >= 15 is 0 Å². The highest BCUT2D eigenvalue weighted by Gasteiger charge is 2.43. The second kappa shape index (κ2) is 8.47. The Morgan fingerprint density at radius 2 is 2.19 bits per heavy atom. The number of nitrogens with two attached hydrogens (primary N) is 1. The number of rotatable bonds is 6. The number of nitrogens with zero attached hydrogens (tertiary/aromatic N) is 1. The topological polar surface area (TPSA) is 93.9 Å². The van der Waals surface area contributed by atoms with Crippen LogP contribution in [0.2, 0.25) is 0 Å². The number of amides is 2. The molecule has 3 heterocycles. The maximum absolute atomic E-state index is 12.4. The standard InChI is InChI=1S/C18H27N3O4S/c1-2-24-10-6-20-17(23)14-11-13-3-9-25-18(16(13)26-14)4-7-21(8-5-18)15(22)12-19/h11H,2-10,12,19H2,1H3,(H,20,23). The van der Waals surface area contributed by atoms with Gasteiger partial charge in [0.1, 0.15) is 5.60 Å². The Labute approximate surface area is 157 Å². The van der Waals surface area contributed by atoms with E-state index in [1.54, 1.807) is 4.90 Å². The van der Waals surface area contributed by atoms with Gasteiger partial charge in [0.2, 0.25) is 5.91 Å². The molecular formula is C18H27N3O4S. The molecule has 2 amide bonds. The predicted molar refractivity (Wildman–Crippen MR) is 99.3 cm³/mol. The first-order valence-electron chi connectivity index (χ1n) is 9.20. The van der Waals surface area contributed by atoms with Crippen molar-refractivity contribution < 1.29 is 19.1 Å². The van der Waals surface area contributed by atoms with Gasteiger partial charge in [-0.05, 0) is 37.8 Å². The number of hydrogen-bond donors (Lipinski definition) is 2. The summed E-state index contributed by atoms with van der Waals surface area (Å²) in [6, 6.07) is 2.00. The summed E-state index contributed by atoms with van der Waals surface area (Å²) in [4.78, 5) is 27.9. The Morgan fingerprint density at radius 3 is 2.88 bits per heavy atom. The quantitative estimate of drug-likeness (QED) is 0.713. The third kappa shape index (κ3) is 3.93. The average molecular weight is 381 g/mol. The Bertz CT molecular complexity index is 653. The summed E-state index contributed by atoms with van der Waals surface area (Å²) in [7, 11) is 0. The molecule has 1 saturated heterocycles. The van der Waals surface area contributed by atoms with Crippen LogP contribution in [0, 0.1) is 0 Å². The molecule has 0 saturated carbocycles. The summed E-state index contributed by atoms with van der Waals surface area (Å²) in [5.41, 5.74) is 6.31. The molecule has 26 heavy (non-hydrogen) atoms. The van der Waals surface area contributed by atoms with Crippen molar-refractivity contribution in [1.82, 2.24) is 10.2 Å². The van der Waals surface area contributed by atoms with Gasteiger partial charge in [0.25, 0.3) is 5.91 Å². The second-order valence-electron chi connectivity index (χ2n) is 6.60. The van der Waals surface area contributed by atoms with Gasteiger partial charge in [-0.3, -0.25) is 9.59 Å². The van der Waals surface area contributed by atoms with Gasteiger partial charge in [-0.2, -0.15) is 0 Å². The molecule has 1 aromatic heterocycles. The summed E-state index contributed by atoms with van der Waals surface area (Å²) in [6.45, 7) is 5.59. The van der Waals surface area contributed by atoms with E-state index in [2.05, 4.69) is 5.32 Å². The number of carbonyl (C=O) groups excluding carboxylic acids is 2. The highest BCUT2D eigenvalue weighted by Crippen LogP contribution is 2.45. The number of carbonyl (C=O) groups is 2. The van der Waals surface area contributed by atoms with Crippen LogP contribution in [-0.2, 0) is 26.3 Å². The first kappa shape index (κ1) is 19.3. The number of fused-ring (bicyclic) bond motifs is 2. The molecule has 0 unspecified atom stereocenters. The fourth-order valence-corrected chi connectivity index (χ4v) is 4.95. The molecule has 0 aromatic carbocycles. The molecule has 1 spiro atoms. The predicted octanol–water partition coefficient (Wildman–Crippen LogP) is 0.864. The Hall–Kier alpha value is -1.48. The van der Waals surface area contributed by atoms with Crippen LogP contribution in [0.5, 0.6) is 0 Å². The first-order valence-corrected chi connectivity index (χ1v) is 10.0. The first-order chi connectivity index (χ1) is 12.6. The minimum Gasteiger partial charge on any atom is -0.380 e. The molecule has 144 valence electrons. The van der Waals surface area contributed by atoms with Crippen molar-refractivity contribution in [3.8, 4) is 0 Å². The van der Waals surface area contributed by atoms with Crippen molar-refractivity contribution in [2.45, 2.75) is 31.8 Å². The zero-order valence-corrected chi connectivity index (χ0v) is 16.0. The van der Waals surface area contributed by atoms with Crippen LogP contribution >= 0.6 is 11.3 Å². The number of likely N-dealkylation sites (tertiary alicyclic amines) is 1. The zero-order chi connectivity index (χ0) is 18.6. The maximum Gasteiger partial charge on any atom is 0.261 e. The number of hydrogen-bond acceptors (Lipinski definition) is 6. The number of piperidine rings is 1. The molecule has 7 nitrogen and oxygen atoms in total. The lowest BCUT2D eigenvalue weighted by Gasteiger charge is -2.43. The van der Waals surface area contributed by atoms with E-state index in [1.807, 2.05) is 13.0 Å². The summed E-state index contributed by atoms with van der Waals surface area (Å²) in [5, 5.41) is 2.90. The second-order valence-corrected chi connectivity index (χ2v) is 7.65. The molecule has 0 atom stereocenters. The van der Waals surface area contributed by atoms with Crippen molar-refractivity contribution >= 4 is 23.2 Å². The van der Waals surface area contributed by atoms with Gasteiger partial charge < -0.3 is 25.4 Å². The van der Waals surface area contributed by atoms with E-state index in [4.69, 9.17) is 15.2 Å². The fraction of sp³-hybridized carbons (Fsp3) is 0.667. The Kier molecular flexibility index (Phi) is 6.29.